The number of methoxy groups -OCH3 is 1. The van der Waals surface area contributed by atoms with Crippen molar-refractivity contribution in [3.05, 3.63) is 60.2 Å². The smallest absolute Gasteiger partial charge is 0.261 e. The average Bonchev–Trinajstić information content (AvgIpc) is 2.60. The van der Waals surface area contributed by atoms with Crippen LogP contribution in [0.1, 0.15) is 31.9 Å². The number of amides is 1. The van der Waals surface area contributed by atoms with Gasteiger partial charge in [0.25, 0.3) is 5.91 Å². The van der Waals surface area contributed by atoms with Crippen LogP contribution in [0.3, 0.4) is 0 Å². The fourth-order valence-corrected chi connectivity index (χ4v) is 2.29. The molecule has 0 aliphatic rings. The number of ether oxygens (including phenoxy) is 2. The predicted octanol–water partition coefficient (Wildman–Crippen LogP) is 3.73. The van der Waals surface area contributed by atoms with Gasteiger partial charge in [-0.1, -0.05) is 43.3 Å². The van der Waals surface area contributed by atoms with Crippen molar-refractivity contribution in [1.29, 1.82) is 0 Å². The minimum atomic E-state index is -0.534. The Bertz CT molecular complexity index is 628. The van der Waals surface area contributed by atoms with Crippen LogP contribution in [0.4, 0.5) is 0 Å². The fraction of sp³-hybridized carbons (Fsp3) is 0.316. The summed E-state index contributed by atoms with van der Waals surface area (Å²) in [6.45, 7) is 3.89. The van der Waals surface area contributed by atoms with E-state index in [2.05, 4.69) is 5.32 Å². The van der Waals surface area contributed by atoms with E-state index in [-0.39, 0.29) is 11.9 Å². The molecule has 2 aromatic carbocycles. The summed E-state index contributed by atoms with van der Waals surface area (Å²) in [5.74, 6) is 1.21. The highest BCUT2D eigenvalue weighted by molar-refractivity contribution is 5.81. The molecule has 23 heavy (non-hydrogen) atoms. The van der Waals surface area contributed by atoms with Crippen molar-refractivity contribution >= 4 is 5.91 Å². The normalized spacial score (nSPS) is 13.0. The molecular weight excluding hydrogens is 290 g/mol. The molecule has 0 unspecified atom stereocenters. The van der Waals surface area contributed by atoms with Crippen LogP contribution in [0.2, 0.25) is 0 Å². The van der Waals surface area contributed by atoms with Crippen molar-refractivity contribution in [3.8, 4) is 11.5 Å². The molecule has 4 nitrogen and oxygen atoms in total. The zero-order chi connectivity index (χ0) is 16.7. The molecule has 2 atom stereocenters. The first-order chi connectivity index (χ1) is 11.1. The summed E-state index contributed by atoms with van der Waals surface area (Å²) in [4.78, 5) is 12.4. The summed E-state index contributed by atoms with van der Waals surface area (Å²) in [6, 6.07) is 17.1. The third kappa shape index (κ3) is 4.74. The Labute approximate surface area is 137 Å². The van der Waals surface area contributed by atoms with E-state index in [1.165, 1.54) is 0 Å². The molecule has 0 fully saturated rings. The highest BCUT2D eigenvalue weighted by Gasteiger charge is 2.20. The topological polar surface area (TPSA) is 47.6 Å². The fourth-order valence-electron chi connectivity index (χ4n) is 2.29. The standard InChI is InChI=1S/C19H23NO3/c1-4-18(23-17-12-8-11-16(13-17)22-3)19(21)20-14(2)15-9-6-5-7-10-15/h5-14,18H,4H2,1-3H3,(H,20,21)/t14-,18-/m1/s1. The van der Waals surface area contributed by atoms with Gasteiger partial charge < -0.3 is 14.8 Å². The molecule has 2 rings (SSSR count). The van der Waals surface area contributed by atoms with Gasteiger partial charge in [0, 0.05) is 6.07 Å². The van der Waals surface area contributed by atoms with E-state index in [0.29, 0.717) is 17.9 Å². The van der Waals surface area contributed by atoms with Gasteiger partial charge in [0.05, 0.1) is 13.2 Å². The molecule has 0 radical (unpaired) electrons. The van der Waals surface area contributed by atoms with Crippen LogP contribution in [-0.4, -0.2) is 19.1 Å². The van der Waals surface area contributed by atoms with E-state index in [0.717, 1.165) is 5.56 Å². The number of hydrogen-bond donors (Lipinski definition) is 1. The summed E-state index contributed by atoms with van der Waals surface area (Å²) < 4.78 is 11.0. The lowest BCUT2D eigenvalue weighted by molar-refractivity contribution is -0.128. The molecule has 0 aromatic heterocycles. The van der Waals surface area contributed by atoms with E-state index < -0.39 is 6.10 Å². The van der Waals surface area contributed by atoms with Crippen molar-refractivity contribution in [3.63, 3.8) is 0 Å². The van der Waals surface area contributed by atoms with Gasteiger partial charge in [-0.25, -0.2) is 0 Å². The second-order valence-electron chi connectivity index (χ2n) is 5.33. The lowest BCUT2D eigenvalue weighted by Gasteiger charge is -2.21. The first-order valence-corrected chi connectivity index (χ1v) is 7.80. The molecule has 0 spiro atoms. The van der Waals surface area contributed by atoms with Gasteiger partial charge in [-0.2, -0.15) is 0 Å². The Balaban J connectivity index is 2.00. The number of benzene rings is 2. The zero-order valence-corrected chi connectivity index (χ0v) is 13.8. The maximum Gasteiger partial charge on any atom is 0.261 e. The number of rotatable bonds is 7. The van der Waals surface area contributed by atoms with E-state index in [1.807, 2.05) is 62.4 Å². The Morgan fingerprint density at radius 1 is 1.09 bits per heavy atom. The van der Waals surface area contributed by atoms with Crippen molar-refractivity contribution in [1.82, 2.24) is 5.32 Å². The first kappa shape index (κ1) is 16.9. The molecule has 2 aromatic rings. The molecule has 0 aliphatic heterocycles. The van der Waals surface area contributed by atoms with Crippen molar-refractivity contribution in [2.75, 3.05) is 7.11 Å². The minimum absolute atomic E-state index is 0.0633. The van der Waals surface area contributed by atoms with Gasteiger partial charge in [-0.05, 0) is 31.0 Å². The number of carbonyl (C=O) groups is 1. The van der Waals surface area contributed by atoms with Crippen molar-refractivity contribution in [2.24, 2.45) is 0 Å². The van der Waals surface area contributed by atoms with Crippen LogP contribution >= 0.6 is 0 Å². The third-order valence-corrected chi connectivity index (χ3v) is 3.64. The molecule has 1 N–H and O–H groups in total. The molecule has 0 aliphatic carbocycles. The highest BCUT2D eigenvalue weighted by Crippen LogP contribution is 2.21. The van der Waals surface area contributed by atoms with Gasteiger partial charge in [0.2, 0.25) is 0 Å². The lowest BCUT2D eigenvalue weighted by Crippen LogP contribution is -2.39. The van der Waals surface area contributed by atoms with Crippen molar-refractivity contribution in [2.45, 2.75) is 32.4 Å². The monoisotopic (exact) mass is 313 g/mol. The molecule has 0 saturated carbocycles. The molecule has 0 saturated heterocycles. The molecule has 122 valence electrons. The van der Waals surface area contributed by atoms with Crippen LogP contribution in [0.5, 0.6) is 11.5 Å². The summed E-state index contributed by atoms with van der Waals surface area (Å²) in [5, 5.41) is 3.00. The molecule has 0 bridgehead atoms. The predicted molar refractivity (Wildman–Crippen MR) is 90.7 cm³/mol. The molecule has 0 heterocycles. The first-order valence-electron chi connectivity index (χ1n) is 7.80. The number of hydrogen-bond acceptors (Lipinski definition) is 3. The summed E-state index contributed by atoms with van der Waals surface area (Å²) >= 11 is 0. The molecular formula is C19H23NO3. The van der Waals surface area contributed by atoms with Gasteiger partial charge in [-0.3, -0.25) is 4.79 Å². The van der Waals surface area contributed by atoms with Gasteiger partial charge >= 0.3 is 0 Å². The van der Waals surface area contributed by atoms with E-state index >= 15 is 0 Å². The van der Waals surface area contributed by atoms with Gasteiger partial charge in [0.1, 0.15) is 11.5 Å². The van der Waals surface area contributed by atoms with E-state index in [4.69, 9.17) is 9.47 Å². The second kappa shape index (κ2) is 8.22. The second-order valence-corrected chi connectivity index (χ2v) is 5.33. The quantitative estimate of drug-likeness (QED) is 0.847. The average molecular weight is 313 g/mol. The van der Waals surface area contributed by atoms with E-state index in [1.54, 1.807) is 13.2 Å². The van der Waals surface area contributed by atoms with Gasteiger partial charge in [0.15, 0.2) is 6.10 Å². The van der Waals surface area contributed by atoms with E-state index in [9.17, 15) is 4.79 Å². The molecule has 4 heteroatoms. The lowest BCUT2D eigenvalue weighted by atomic mass is 10.1. The Morgan fingerprint density at radius 2 is 1.78 bits per heavy atom. The summed E-state index contributed by atoms with van der Waals surface area (Å²) in [6.07, 6.45) is 0.0538. The van der Waals surface area contributed by atoms with Crippen LogP contribution < -0.4 is 14.8 Å². The Kier molecular flexibility index (Phi) is 6.03. The maximum absolute atomic E-state index is 12.4. The van der Waals surface area contributed by atoms with Crippen LogP contribution in [-0.2, 0) is 4.79 Å². The summed E-state index contributed by atoms with van der Waals surface area (Å²) in [5.41, 5.74) is 1.07. The van der Waals surface area contributed by atoms with Crippen LogP contribution in [0, 0.1) is 0 Å². The van der Waals surface area contributed by atoms with Crippen LogP contribution in [0.15, 0.2) is 54.6 Å². The highest BCUT2D eigenvalue weighted by atomic mass is 16.5. The number of nitrogens with one attached hydrogen (secondary N) is 1. The SMILES string of the molecule is CC[C@@H](Oc1cccc(OC)c1)C(=O)N[C@H](C)c1ccccc1. The minimum Gasteiger partial charge on any atom is -0.497 e. The number of carbonyl (C=O) groups excluding carboxylic acids is 1. The van der Waals surface area contributed by atoms with Crippen LogP contribution in [0.25, 0.3) is 0 Å². The Morgan fingerprint density at radius 3 is 2.43 bits per heavy atom. The summed E-state index contributed by atoms with van der Waals surface area (Å²) in [7, 11) is 1.60. The van der Waals surface area contributed by atoms with Crippen molar-refractivity contribution < 1.29 is 14.3 Å². The Hall–Kier alpha value is -2.49. The molecule has 1 amide bonds. The zero-order valence-electron chi connectivity index (χ0n) is 13.8. The van der Waals surface area contributed by atoms with Gasteiger partial charge in [-0.15, -0.1) is 0 Å². The third-order valence-electron chi connectivity index (χ3n) is 3.64. The maximum atomic E-state index is 12.4. The largest absolute Gasteiger partial charge is 0.497 e.